The van der Waals surface area contributed by atoms with Crippen LogP contribution < -0.4 is 10.6 Å². The number of hydrogen-bond acceptors (Lipinski definition) is 3. The molecule has 0 spiro atoms. The Morgan fingerprint density at radius 2 is 1.68 bits per heavy atom. The van der Waals surface area contributed by atoms with Crippen molar-refractivity contribution in [2.45, 2.75) is 26.8 Å². The average Bonchev–Trinajstić information content (AvgIpc) is 2.35. The van der Waals surface area contributed by atoms with Crippen molar-refractivity contribution in [2.24, 2.45) is 11.1 Å². The van der Waals surface area contributed by atoms with Gasteiger partial charge >= 0.3 is 5.97 Å². The zero-order chi connectivity index (χ0) is 14.8. The van der Waals surface area contributed by atoms with Crippen LogP contribution in [0.25, 0.3) is 0 Å². The Morgan fingerprint density at radius 1 is 1.21 bits per heavy atom. The molecule has 1 aromatic carbocycles. The molecule has 0 saturated carbocycles. The Bertz CT molecular complexity index is 474. The van der Waals surface area contributed by atoms with Crippen LogP contribution in [0.3, 0.4) is 0 Å². The van der Waals surface area contributed by atoms with Gasteiger partial charge in [-0.1, -0.05) is 20.8 Å². The molecule has 0 aliphatic heterocycles. The highest BCUT2D eigenvalue weighted by atomic mass is 16.4. The first-order chi connectivity index (χ1) is 8.64. The van der Waals surface area contributed by atoms with Gasteiger partial charge in [0.2, 0.25) is 5.91 Å². The van der Waals surface area contributed by atoms with E-state index in [1.54, 1.807) is 19.2 Å². The third-order valence-corrected chi connectivity index (χ3v) is 3.03. The van der Waals surface area contributed by atoms with E-state index >= 15 is 0 Å². The van der Waals surface area contributed by atoms with Gasteiger partial charge < -0.3 is 15.7 Å². The number of carboxylic acid groups (broad SMARTS) is 1. The van der Waals surface area contributed by atoms with E-state index < -0.39 is 12.0 Å². The fourth-order valence-electron chi connectivity index (χ4n) is 1.53. The standard InChI is InChI=1S/C14H20N2O3/c1-14(2,3)11(15)12(17)16(4)10-7-5-9(6-8-10)13(18)19/h5-8,11H,15H2,1-4H3,(H,18,19)/t11-/m0/s1. The van der Waals surface area contributed by atoms with Crippen molar-refractivity contribution >= 4 is 17.6 Å². The SMILES string of the molecule is CN(C(=O)[C@H](N)C(C)(C)C)c1ccc(C(=O)O)cc1. The number of carbonyl (C=O) groups is 2. The lowest BCUT2D eigenvalue weighted by Crippen LogP contribution is -2.49. The number of aromatic carboxylic acids is 1. The second kappa shape index (κ2) is 5.40. The molecule has 1 amide bonds. The Balaban J connectivity index is 2.91. The largest absolute Gasteiger partial charge is 0.478 e. The summed E-state index contributed by atoms with van der Waals surface area (Å²) < 4.78 is 0. The number of carbonyl (C=O) groups excluding carboxylic acids is 1. The summed E-state index contributed by atoms with van der Waals surface area (Å²) in [7, 11) is 1.63. The normalized spacial score (nSPS) is 12.9. The van der Waals surface area contributed by atoms with Gasteiger partial charge in [-0.3, -0.25) is 4.79 Å². The lowest BCUT2D eigenvalue weighted by Gasteiger charge is -2.30. The summed E-state index contributed by atoms with van der Waals surface area (Å²) in [4.78, 5) is 24.4. The van der Waals surface area contributed by atoms with Gasteiger partial charge in [-0.2, -0.15) is 0 Å². The number of likely N-dealkylation sites (N-methyl/N-ethyl adjacent to an activating group) is 1. The van der Waals surface area contributed by atoms with Crippen LogP contribution in [-0.2, 0) is 4.79 Å². The molecular weight excluding hydrogens is 244 g/mol. The van der Waals surface area contributed by atoms with Crippen LogP contribution in [0.15, 0.2) is 24.3 Å². The predicted octanol–water partition coefficient (Wildman–Crippen LogP) is 1.72. The Morgan fingerprint density at radius 3 is 2.05 bits per heavy atom. The molecule has 1 aromatic rings. The van der Waals surface area contributed by atoms with E-state index in [-0.39, 0.29) is 16.9 Å². The van der Waals surface area contributed by atoms with Gasteiger partial charge in [-0.15, -0.1) is 0 Å². The lowest BCUT2D eigenvalue weighted by molar-refractivity contribution is -0.121. The van der Waals surface area contributed by atoms with E-state index in [1.165, 1.54) is 17.0 Å². The van der Waals surface area contributed by atoms with Gasteiger partial charge in [0.05, 0.1) is 11.6 Å². The Kier molecular flexibility index (Phi) is 4.32. The van der Waals surface area contributed by atoms with Gasteiger partial charge in [0.15, 0.2) is 0 Å². The number of amides is 1. The molecule has 1 rings (SSSR count). The van der Waals surface area contributed by atoms with E-state index in [2.05, 4.69) is 0 Å². The Hall–Kier alpha value is -1.88. The molecule has 0 heterocycles. The Labute approximate surface area is 113 Å². The molecule has 104 valence electrons. The summed E-state index contributed by atoms with van der Waals surface area (Å²) in [5, 5.41) is 8.82. The molecule has 0 bridgehead atoms. The number of benzene rings is 1. The maximum atomic E-state index is 12.2. The topological polar surface area (TPSA) is 83.6 Å². The second-order valence-electron chi connectivity index (χ2n) is 5.59. The third kappa shape index (κ3) is 3.54. The first-order valence-corrected chi connectivity index (χ1v) is 6.01. The monoisotopic (exact) mass is 264 g/mol. The molecule has 5 heteroatoms. The number of hydrogen-bond donors (Lipinski definition) is 2. The number of nitrogens with zero attached hydrogens (tertiary/aromatic N) is 1. The summed E-state index contributed by atoms with van der Waals surface area (Å²) in [6.07, 6.45) is 0. The molecule has 0 saturated heterocycles. The third-order valence-electron chi connectivity index (χ3n) is 3.03. The van der Waals surface area contributed by atoms with E-state index in [0.717, 1.165) is 0 Å². The van der Waals surface area contributed by atoms with Crippen molar-refractivity contribution in [3.63, 3.8) is 0 Å². The summed E-state index contributed by atoms with van der Waals surface area (Å²) in [5.74, 6) is -1.19. The first-order valence-electron chi connectivity index (χ1n) is 6.01. The van der Waals surface area contributed by atoms with E-state index in [0.29, 0.717) is 5.69 Å². The van der Waals surface area contributed by atoms with Gasteiger partial charge in [0, 0.05) is 12.7 Å². The fourth-order valence-corrected chi connectivity index (χ4v) is 1.53. The number of carboxylic acids is 1. The van der Waals surface area contributed by atoms with E-state index in [4.69, 9.17) is 10.8 Å². The number of rotatable bonds is 3. The predicted molar refractivity (Wildman–Crippen MR) is 74.2 cm³/mol. The highest BCUT2D eigenvalue weighted by Crippen LogP contribution is 2.21. The summed E-state index contributed by atoms with van der Waals surface area (Å²) in [5.41, 5.74) is 6.40. The maximum Gasteiger partial charge on any atom is 0.335 e. The molecule has 0 fully saturated rings. The van der Waals surface area contributed by atoms with E-state index in [1.807, 2.05) is 20.8 Å². The minimum Gasteiger partial charge on any atom is -0.478 e. The summed E-state index contributed by atoms with van der Waals surface area (Å²) in [6, 6.07) is 5.50. The molecule has 1 atom stereocenters. The average molecular weight is 264 g/mol. The molecule has 0 aliphatic carbocycles. The molecule has 5 nitrogen and oxygen atoms in total. The lowest BCUT2D eigenvalue weighted by atomic mass is 9.86. The summed E-state index contributed by atoms with van der Waals surface area (Å²) >= 11 is 0. The zero-order valence-electron chi connectivity index (χ0n) is 11.7. The second-order valence-corrected chi connectivity index (χ2v) is 5.59. The minimum atomic E-state index is -0.994. The molecule has 0 radical (unpaired) electrons. The minimum absolute atomic E-state index is 0.185. The van der Waals surface area contributed by atoms with Gasteiger partial charge in [-0.25, -0.2) is 4.79 Å². The van der Waals surface area contributed by atoms with E-state index in [9.17, 15) is 9.59 Å². The van der Waals surface area contributed by atoms with Crippen molar-refractivity contribution < 1.29 is 14.7 Å². The van der Waals surface area contributed by atoms with Crippen molar-refractivity contribution in [3.8, 4) is 0 Å². The van der Waals surface area contributed by atoms with Gasteiger partial charge in [0.25, 0.3) is 0 Å². The first kappa shape index (κ1) is 15.2. The van der Waals surface area contributed by atoms with Crippen LogP contribution in [0, 0.1) is 5.41 Å². The maximum absolute atomic E-state index is 12.2. The summed E-state index contributed by atoms with van der Waals surface area (Å²) in [6.45, 7) is 5.70. The van der Waals surface area contributed by atoms with Gasteiger partial charge in [0.1, 0.15) is 0 Å². The van der Waals surface area contributed by atoms with Crippen LogP contribution >= 0.6 is 0 Å². The molecule has 19 heavy (non-hydrogen) atoms. The zero-order valence-corrected chi connectivity index (χ0v) is 11.7. The molecule has 0 aliphatic rings. The molecule has 0 unspecified atom stereocenters. The highest BCUT2D eigenvalue weighted by Gasteiger charge is 2.30. The quantitative estimate of drug-likeness (QED) is 0.870. The molecule has 3 N–H and O–H groups in total. The highest BCUT2D eigenvalue weighted by molar-refractivity contribution is 5.97. The fraction of sp³-hybridized carbons (Fsp3) is 0.429. The van der Waals surface area contributed by atoms with Crippen LogP contribution in [0.5, 0.6) is 0 Å². The number of anilines is 1. The van der Waals surface area contributed by atoms with Crippen LogP contribution in [0.2, 0.25) is 0 Å². The smallest absolute Gasteiger partial charge is 0.335 e. The van der Waals surface area contributed by atoms with Crippen LogP contribution in [0.4, 0.5) is 5.69 Å². The van der Waals surface area contributed by atoms with Gasteiger partial charge in [-0.05, 0) is 29.7 Å². The number of nitrogens with two attached hydrogens (primary N) is 1. The van der Waals surface area contributed by atoms with Crippen molar-refractivity contribution in [3.05, 3.63) is 29.8 Å². The molecule has 0 aromatic heterocycles. The van der Waals surface area contributed by atoms with Crippen molar-refractivity contribution in [1.29, 1.82) is 0 Å². The van der Waals surface area contributed by atoms with Crippen molar-refractivity contribution in [2.75, 3.05) is 11.9 Å². The van der Waals surface area contributed by atoms with Crippen LogP contribution in [0.1, 0.15) is 31.1 Å². The molecular formula is C14H20N2O3. The van der Waals surface area contributed by atoms with Crippen LogP contribution in [-0.4, -0.2) is 30.1 Å². The van der Waals surface area contributed by atoms with Crippen molar-refractivity contribution in [1.82, 2.24) is 0 Å².